The van der Waals surface area contributed by atoms with Gasteiger partial charge >= 0.3 is 6.03 Å². The molecule has 1 fully saturated rings. The molecule has 9 nitrogen and oxygen atoms in total. The number of rotatable bonds is 12. The average Bonchev–Trinajstić information content (AvgIpc) is 3.03. The molecule has 0 bridgehead atoms. The van der Waals surface area contributed by atoms with E-state index < -0.39 is 10.0 Å². The van der Waals surface area contributed by atoms with Gasteiger partial charge in [-0.3, -0.25) is 4.79 Å². The molecule has 0 radical (unpaired) electrons. The first-order valence-corrected chi connectivity index (χ1v) is 16.2. The zero-order chi connectivity index (χ0) is 30.8. The Balaban J connectivity index is 1.51. The smallest absolute Gasteiger partial charge is 0.321 e. The fraction of sp³-hybridized carbons (Fsp3) is 0.394. The monoisotopic (exact) mass is 606 g/mol. The molecule has 43 heavy (non-hydrogen) atoms. The molecule has 10 heteroatoms. The summed E-state index contributed by atoms with van der Waals surface area (Å²) >= 11 is 0. The molecule has 1 saturated heterocycles. The first-order valence-electron chi connectivity index (χ1n) is 14.8. The fourth-order valence-electron chi connectivity index (χ4n) is 5.30. The van der Waals surface area contributed by atoms with Gasteiger partial charge in [-0.15, -0.1) is 0 Å². The third kappa shape index (κ3) is 8.43. The molecule has 0 unspecified atom stereocenters. The van der Waals surface area contributed by atoms with E-state index >= 15 is 0 Å². The number of nitrogens with zero attached hydrogens (tertiary/aromatic N) is 3. The highest BCUT2D eigenvalue weighted by atomic mass is 32.2. The van der Waals surface area contributed by atoms with Gasteiger partial charge in [-0.1, -0.05) is 73.2 Å². The van der Waals surface area contributed by atoms with Gasteiger partial charge in [0.25, 0.3) is 0 Å². The second kappa shape index (κ2) is 15.1. The van der Waals surface area contributed by atoms with Crippen molar-refractivity contribution in [3.05, 3.63) is 95.6 Å². The third-order valence-corrected chi connectivity index (χ3v) is 9.72. The molecule has 1 aliphatic rings. The number of anilines is 1. The Morgan fingerprint density at radius 3 is 2.26 bits per heavy atom. The number of likely N-dealkylation sites (tertiary alicyclic amines) is 1. The van der Waals surface area contributed by atoms with Gasteiger partial charge in [0.1, 0.15) is 0 Å². The van der Waals surface area contributed by atoms with Crippen molar-refractivity contribution in [1.82, 2.24) is 14.1 Å². The number of carbonyl (C=O) groups is 2. The molecule has 1 N–H and O–H groups in total. The van der Waals surface area contributed by atoms with E-state index in [1.807, 2.05) is 55.5 Å². The molecule has 0 saturated carbocycles. The van der Waals surface area contributed by atoms with Crippen LogP contribution in [-0.4, -0.2) is 80.4 Å². The van der Waals surface area contributed by atoms with Crippen molar-refractivity contribution in [3.63, 3.8) is 0 Å². The number of nitrogens with one attached hydrogen (secondary N) is 1. The number of amides is 3. The van der Waals surface area contributed by atoms with E-state index in [9.17, 15) is 18.0 Å². The number of sulfonamides is 1. The summed E-state index contributed by atoms with van der Waals surface area (Å²) in [5.74, 6) is -0.282. The highest BCUT2D eigenvalue weighted by Crippen LogP contribution is 2.23. The molecule has 3 aromatic carbocycles. The van der Waals surface area contributed by atoms with Crippen molar-refractivity contribution < 1.29 is 22.7 Å². The Morgan fingerprint density at radius 1 is 0.953 bits per heavy atom. The number of aryl methyl sites for hydroxylation is 2. The van der Waals surface area contributed by atoms with Crippen LogP contribution in [0.1, 0.15) is 36.5 Å². The van der Waals surface area contributed by atoms with Crippen molar-refractivity contribution in [2.75, 3.05) is 45.2 Å². The van der Waals surface area contributed by atoms with Crippen LogP contribution in [0.15, 0.2) is 83.8 Å². The van der Waals surface area contributed by atoms with Crippen molar-refractivity contribution in [2.24, 2.45) is 0 Å². The van der Waals surface area contributed by atoms with E-state index in [1.165, 1.54) is 23.5 Å². The lowest BCUT2D eigenvalue weighted by atomic mass is 10.0. The van der Waals surface area contributed by atoms with E-state index in [0.717, 1.165) is 28.8 Å². The number of hydrogen-bond acceptors (Lipinski definition) is 5. The third-order valence-electron chi connectivity index (χ3n) is 7.86. The van der Waals surface area contributed by atoms with E-state index in [0.29, 0.717) is 32.5 Å². The van der Waals surface area contributed by atoms with Gasteiger partial charge < -0.3 is 19.9 Å². The maximum atomic E-state index is 14.0. The fourth-order valence-corrected chi connectivity index (χ4v) is 6.69. The van der Waals surface area contributed by atoms with Gasteiger partial charge in [0, 0.05) is 45.0 Å². The number of ether oxygens (including phenoxy) is 1. The Kier molecular flexibility index (Phi) is 11.3. The Hall–Kier alpha value is -3.73. The molecule has 4 rings (SSSR count). The van der Waals surface area contributed by atoms with Crippen LogP contribution in [0.5, 0.6) is 0 Å². The van der Waals surface area contributed by atoms with Gasteiger partial charge in [0.05, 0.1) is 18.0 Å². The van der Waals surface area contributed by atoms with E-state index in [4.69, 9.17) is 4.74 Å². The number of benzene rings is 3. The summed E-state index contributed by atoms with van der Waals surface area (Å²) < 4.78 is 33.4. The molecule has 0 aliphatic carbocycles. The lowest BCUT2D eigenvalue weighted by Gasteiger charge is -2.39. The predicted octanol–water partition coefficient (Wildman–Crippen LogP) is 4.92. The number of hydrogen-bond donors (Lipinski definition) is 1. The molecule has 1 heterocycles. The number of carbonyl (C=O) groups excluding carboxylic acids is 2. The minimum absolute atomic E-state index is 0.0513. The second-order valence-corrected chi connectivity index (χ2v) is 12.7. The zero-order valence-corrected chi connectivity index (χ0v) is 26.1. The molecule has 1 aliphatic heterocycles. The van der Waals surface area contributed by atoms with Crippen LogP contribution in [0.3, 0.4) is 0 Å². The number of methoxy groups -OCH3 is 1. The molecular formula is C33H42N4O5S. The van der Waals surface area contributed by atoms with E-state index in [1.54, 1.807) is 28.0 Å². The topological polar surface area (TPSA) is 99.3 Å². The molecule has 3 aromatic rings. The van der Waals surface area contributed by atoms with Crippen LogP contribution in [0.4, 0.5) is 10.5 Å². The van der Waals surface area contributed by atoms with Crippen LogP contribution >= 0.6 is 0 Å². The minimum Gasteiger partial charge on any atom is -0.383 e. The Bertz CT molecular complexity index is 1460. The van der Waals surface area contributed by atoms with Gasteiger partial charge in [0.2, 0.25) is 15.9 Å². The van der Waals surface area contributed by atoms with E-state index in [-0.39, 0.29) is 42.6 Å². The highest BCUT2D eigenvalue weighted by Gasteiger charge is 2.33. The number of urea groups is 1. The first-order chi connectivity index (χ1) is 20.7. The summed E-state index contributed by atoms with van der Waals surface area (Å²) in [5.41, 5.74) is 3.96. The normalized spacial score (nSPS) is 14.1. The summed E-state index contributed by atoms with van der Waals surface area (Å²) in [5, 5.41) is 3.04. The largest absolute Gasteiger partial charge is 0.383 e. The molecular weight excluding hydrogens is 564 g/mol. The summed E-state index contributed by atoms with van der Waals surface area (Å²) in [7, 11) is -2.42. The summed E-state index contributed by atoms with van der Waals surface area (Å²) in [4.78, 5) is 30.8. The number of piperidine rings is 1. The lowest BCUT2D eigenvalue weighted by Crippen LogP contribution is -2.52. The SMILES string of the molecule is CCc1ccccc1NC(=O)N1CCC(N(Cc2ccc(C)cc2)C(=O)CN(CCOC)S(=O)(=O)c2ccccc2)CC1. The minimum atomic E-state index is -3.92. The Morgan fingerprint density at radius 2 is 1.60 bits per heavy atom. The average molecular weight is 607 g/mol. The summed E-state index contributed by atoms with van der Waals surface area (Å²) in [6.45, 7) is 5.29. The maximum absolute atomic E-state index is 14.0. The van der Waals surface area contributed by atoms with Crippen molar-refractivity contribution in [3.8, 4) is 0 Å². The number of para-hydroxylation sites is 1. The van der Waals surface area contributed by atoms with Gasteiger partial charge in [-0.25, -0.2) is 13.2 Å². The van der Waals surface area contributed by atoms with Crippen LogP contribution in [0.25, 0.3) is 0 Å². The Labute approximate surface area is 255 Å². The maximum Gasteiger partial charge on any atom is 0.321 e. The molecule has 0 spiro atoms. The standard InChI is InChI=1S/C33H42N4O5S/c1-4-28-10-8-9-13-31(28)34-33(39)35-20-18-29(19-21-35)37(24-27-16-14-26(2)15-17-27)32(38)25-36(22-23-42-3)43(40,41)30-11-6-5-7-12-30/h5-17,29H,4,18-25H2,1-3H3,(H,34,39). The molecule has 0 aromatic heterocycles. The van der Waals surface area contributed by atoms with E-state index in [2.05, 4.69) is 12.2 Å². The summed E-state index contributed by atoms with van der Waals surface area (Å²) in [6, 6.07) is 23.6. The van der Waals surface area contributed by atoms with Crippen LogP contribution in [0, 0.1) is 6.92 Å². The molecule has 3 amide bonds. The van der Waals surface area contributed by atoms with Crippen LogP contribution in [0.2, 0.25) is 0 Å². The predicted molar refractivity (Wildman–Crippen MR) is 168 cm³/mol. The van der Waals surface area contributed by atoms with Gasteiger partial charge in [-0.05, 0) is 55.5 Å². The van der Waals surface area contributed by atoms with Crippen LogP contribution in [-0.2, 0) is 32.5 Å². The van der Waals surface area contributed by atoms with Gasteiger partial charge in [-0.2, -0.15) is 4.31 Å². The first kappa shape index (κ1) is 32.2. The molecule has 230 valence electrons. The summed E-state index contributed by atoms with van der Waals surface area (Å²) in [6.07, 6.45) is 1.99. The molecule has 0 atom stereocenters. The van der Waals surface area contributed by atoms with Crippen molar-refractivity contribution in [2.45, 2.75) is 50.6 Å². The second-order valence-electron chi connectivity index (χ2n) is 10.8. The van der Waals surface area contributed by atoms with Gasteiger partial charge in [0.15, 0.2) is 0 Å². The van der Waals surface area contributed by atoms with Crippen LogP contribution < -0.4 is 5.32 Å². The van der Waals surface area contributed by atoms with Crippen molar-refractivity contribution in [1.29, 1.82) is 0 Å². The van der Waals surface area contributed by atoms with Crippen molar-refractivity contribution >= 4 is 27.6 Å². The quantitative estimate of drug-likeness (QED) is 0.316. The zero-order valence-electron chi connectivity index (χ0n) is 25.2. The highest BCUT2D eigenvalue weighted by molar-refractivity contribution is 7.89. The lowest BCUT2D eigenvalue weighted by molar-refractivity contribution is -0.135.